The second kappa shape index (κ2) is 10.1. The van der Waals surface area contributed by atoms with Gasteiger partial charge < -0.3 is 18.9 Å². The fraction of sp³-hybridized carbons (Fsp3) is 0.471. The van der Waals surface area contributed by atoms with Gasteiger partial charge in [0.05, 0.1) is 18.8 Å². The van der Waals surface area contributed by atoms with Crippen molar-refractivity contribution in [3.8, 4) is 0 Å². The monoisotopic (exact) mass is 367 g/mol. The number of hydrogen-bond donors (Lipinski definition) is 0. The first-order valence-corrected chi connectivity index (χ1v) is 8.01. The van der Waals surface area contributed by atoms with Gasteiger partial charge in [0.15, 0.2) is 12.2 Å². The van der Waals surface area contributed by atoms with E-state index in [1.807, 2.05) is 0 Å². The number of aromatic nitrogens is 1. The van der Waals surface area contributed by atoms with Crippen molar-refractivity contribution in [1.82, 2.24) is 4.98 Å². The zero-order valence-electron chi connectivity index (χ0n) is 15.0. The minimum atomic E-state index is -1.08. The molecule has 0 saturated heterocycles. The quantitative estimate of drug-likeness (QED) is 0.495. The minimum Gasteiger partial charge on any atom is -0.463 e. The van der Waals surface area contributed by atoms with E-state index < -0.39 is 36.1 Å². The van der Waals surface area contributed by atoms with Crippen LogP contribution in [0.1, 0.15) is 48.5 Å². The molecule has 0 N–H and O–H groups in total. The molecule has 2 atom stereocenters. The van der Waals surface area contributed by atoms with Crippen molar-refractivity contribution >= 4 is 23.9 Å². The second-order valence-corrected chi connectivity index (χ2v) is 5.03. The lowest BCUT2D eigenvalue weighted by atomic mass is 10.2. The highest BCUT2D eigenvalue weighted by molar-refractivity contribution is 5.93. The highest BCUT2D eigenvalue weighted by Crippen LogP contribution is 2.08. The minimum absolute atomic E-state index is 0.0381. The van der Waals surface area contributed by atoms with Crippen LogP contribution in [0.5, 0.6) is 0 Å². The molecule has 1 aromatic rings. The molecule has 0 aliphatic carbocycles. The third-order valence-electron chi connectivity index (χ3n) is 3.01. The molecular weight excluding hydrogens is 346 g/mol. The Morgan fingerprint density at radius 3 is 1.81 bits per heavy atom. The van der Waals surface area contributed by atoms with E-state index in [-0.39, 0.29) is 24.5 Å². The molecule has 0 amide bonds. The summed E-state index contributed by atoms with van der Waals surface area (Å²) in [5.74, 6) is -2.97. The average molecular weight is 367 g/mol. The number of nitrogens with zero attached hydrogens (tertiary/aromatic N) is 1. The molecule has 0 radical (unpaired) electrons. The van der Waals surface area contributed by atoms with Crippen LogP contribution < -0.4 is 0 Å². The van der Waals surface area contributed by atoms with Crippen molar-refractivity contribution in [1.29, 1.82) is 0 Å². The van der Waals surface area contributed by atoms with Crippen molar-refractivity contribution in [2.24, 2.45) is 0 Å². The van der Waals surface area contributed by atoms with Crippen molar-refractivity contribution in [2.75, 3.05) is 13.2 Å². The number of ether oxygens (including phenoxy) is 4. The van der Waals surface area contributed by atoms with Gasteiger partial charge in [0.2, 0.25) is 0 Å². The topological polar surface area (TPSA) is 118 Å². The molecule has 9 nitrogen and oxygen atoms in total. The van der Waals surface area contributed by atoms with Crippen molar-refractivity contribution in [3.63, 3.8) is 0 Å². The maximum absolute atomic E-state index is 11.9. The molecular formula is C17H21NO8. The number of carbonyl (C=O) groups excluding carboxylic acids is 4. The maximum atomic E-state index is 11.9. The van der Waals surface area contributed by atoms with E-state index in [1.165, 1.54) is 26.0 Å². The van der Waals surface area contributed by atoms with Crippen LogP contribution in [0.25, 0.3) is 0 Å². The molecule has 0 fully saturated rings. The predicted molar refractivity (Wildman–Crippen MR) is 87.3 cm³/mol. The van der Waals surface area contributed by atoms with E-state index in [9.17, 15) is 19.2 Å². The Morgan fingerprint density at radius 1 is 0.885 bits per heavy atom. The summed E-state index contributed by atoms with van der Waals surface area (Å²) in [7, 11) is 0. The highest BCUT2D eigenvalue weighted by Gasteiger charge is 2.22. The molecule has 26 heavy (non-hydrogen) atoms. The summed E-state index contributed by atoms with van der Waals surface area (Å²) in [4.78, 5) is 50.5. The standard InChI is InChI=1S/C17H21NO8/c1-5-23-14(19)10(3)25-16(21)12-7-8-13(18-9-12)17(22)26-11(4)15(20)24-6-2/h7-11H,5-6H2,1-4H3/t10-,11+/m0/s1. The van der Waals surface area contributed by atoms with Gasteiger partial charge >= 0.3 is 23.9 Å². The van der Waals surface area contributed by atoms with Gasteiger partial charge in [-0.15, -0.1) is 0 Å². The van der Waals surface area contributed by atoms with Gasteiger partial charge in [0, 0.05) is 6.20 Å². The molecule has 0 aliphatic heterocycles. The van der Waals surface area contributed by atoms with E-state index in [0.29, 0.717) is 0 Å². The van der Waals surface area contributed by atoms with Gasteiger partial charge in [-0.1, -0.05) is 0 Å². The van der Waals surface area contributed by atoms with Crippen LogP contribution in [-0.2, 0) is 28.5 Å². The van der Waals surface area contributed by atoms with Crippen LogP contribution in [0.3, 0.4) is 0 Å². The van der Waals surface area contributed by atoms with Crippen molar-refractivity contribution < 1.29 is 38.1 Å². The second-order valence-electron chi connectivity index (χ2n) is 5.03. The van der Waals surface area contributed by atoms with Crippen LogP contribution >= 0.6 is 0 Å². The number of rotatable bonds is 8. The summed E-state index contributed by atoms with van der Waals surface area (Å²) >= 11 is 0. The van der Waals surface area contributed by atoms with E-state index in [2.05, 4.69) is 4.98 Å². The third kappa shape index (κ3) is 6.15. The SMILES string of the molecule is CCOC(=O)[C@H](C)OC(=O)c1ccc(C(=O)O[C@H](C)C(=O)OCC)nc1. The lowest BCUT2D eigenvalue weighted by Crippen LogP contribution is -2.27. The van der Waals surface area contributed by atoms with E-state index in [4.69, 9.17) is 18.9 Å². The van der Waals surface area contributed by atoms with E-state index in [0.717, 1.165) is 6.20 Å². The Bertz CT molecular complexity index is 598. The Hall–Kier alpha value is -2.97. The molecule has 0 aromatic carbocycles. The number of esters is 4. The van der Waals surface area contributed by atoms with E-state index >= 15 is 0 Å². The first-order chi connectivity index (χ1) is 12.3. The zero-order valence-corrected chi connectivity index (χ0v) is 15.0. The first-order valence-electron chi connectivity index (χ1n) is 8.01. The van der Waals surface area contributed by atoms with Crippen LogP contribution in [0, 0.1) is 0 Å². The van der Waals surface area contributed by atoms with Gasteiger partial charge in [0.1, 0.15) is 5.69 Å². The Kier molecular flexibility index (Phi) is 8.20. The summed E-state index contributed by atoms with van der Waals surface area (Å²) in [5, 5.41) is 0. The lowest BCUT2D eigenvalue weighted by molar-refractivity contribution is -0.153. The summed E-state index contributed by atoms with van der Waals surface area (Å²) in [6, 6.07) is 2.53. The molecule has 1 rings (SSSR count). The Labute approximate surface area is 150 Å². The van der Waals surface area contributed by atoms with Gasteiger partial charge in [-0.05, 0) is 39.8 Å². The largest absolute Gasteiger partial charge is 0.463 e. The van der Waals surface area contributed by atoms with Crippen LogP contribution in [0.4, 0.5) is 0 Å². The summed E-state index contributed by atoms with van der Waals surface area (Å²) in [5.41, 5.74) is -0.0627. The molecule has 0 saturated carbocycles. The molecule has 9 heteroatoms. The highest BCUT2D eigenvalue weighted by atomic mass is 16.6. The molecule has 0 unspecified atom stereocenters. The predicted octanol–water partition coefficient (Wildman–Crippen LogP) is 1.30. The van der Waals surface area contributed by atoms with Crippen LogP contribution in [0.2, 0.25) is 0 Å². The molecule has 0 spiro atoms. The Morgan fingerprint density at radius 2 is 1.38 bits per heavy atom. The first kappa shape index (κ1) is 21.1. The fourth-order valence-corrected chi connectivity index (χ4v) is 1.70. The van der Waals surface area contributed by atoms with Gasteiger partial charge in [-0.3, -0.25) is 0 Å². The zero-order chi connectivity index (χ0) is 19.7. The Balaban J connectivity index is 2.67. The third-order valence-corrected chi connectivity index (χ3v) is 3.01. The van der Waals surface area contributed by atoms with Crippen LogP contribution in [-0.4, -0.2) is 54.3 Å². The maximum Gasteiger partial charge on any atom is 0.357 e. The number of pyridine rings is 1. The lowest BCUT2D eigenvalue weighted by Gasteiger charge is -2.12. The normalized spacial score (nSPS) is 12.5. The van der Waals surface area contributed by atoms with Crippen molar-refractivity contribution in [2.45, 2.75) is 39.9 Å². The number of hydrogen-bond acceptors (Lipinski definition) is 9. The molecule has 1 aromatic heterocycles. The summed E-state index contributed by atoms with van der Waals surface area (Å²) in [6.07, 6.45) is -1.05. The molecule has 0 aliphatic rings. The van der Waals surface area contributed by atoms with Crippen LogP contribution in [0.15, 0.2) is 18.3 Å². The van der Waals surface area contributed by atoms with Crippen molar-refractivity contribution in [3.05, 3.63) is 29.6 Å². The van der Waals surface area contributed by atoms with Gasteiger partial charge in [-0.25, -0.2) is 24.2 Å². The number of carbonyl (C=O) groups is 4. The molecule has 0 bridgehead atoms. The molecule has 1 heterocycles. The average Bonchev–Trinajstić information content (AvgIpc) is 2.62. The smallest absolute Gasteiger partial charge is 0.357 e. The fourth-order valence-electron chi connectivity index (χ4n) is 1.70. The van der Waals surface area contributed by atoms with Gasteiger partial charge in [-0.2, -0.15) is 0 Å². The van der Waals surface area contributed by atoms with E-state index in [1.54, 1.807) is 13.8 Å². The summed E-state index contributed by atoms with van der Waals surface area (Å²) in [6.45, 7) is 6.36. The van der Waals surface area contributed by atoms with Gasteiger partial charge in [0.25, 0.3) is 0 Å². The summed E-state index contributed by atoms with van der Waals surface area (Å²) < 4.78 is 19.3. The molecule has 142 valence electrons.